The molecule has 1 saturated heterocycles. The molecule has 4 rings (SSSR count). The van der Waals surface area contributed by atoms with Crippen molar-refractivity contribution in [2.45, 2.75) is 13.0 Å². The maximum Gasteiger partial charge on any atom is 0.300 e. The predicted octanol–water partition coefficient (Wildman–Crippen LogP) is 4.38. The van der Waals surface area contributed by atoms with Crippen LogP contribution in [0.1, 0.15) is 22.9 Å². The molecule has 150 valence electrons. The molecular formula is C23H17ClN2O4. The van der Waals surface area contributed by atoms with Gasteiger partial charge in [0.05, 0.1) is 17.0 Å². The first-order valence-electron chi connectivity index (χ1n) is 9.16. The van der Waals surface area contributed by atoms with E-state index >= 15 is 0 Å². The van der Waals surface area contributed by atoms with Crippen LogP contribution in [0.4, 0.5) is 5.69 Å². The minimum Gasteiger partial charge on any atom is -0.507 e. The maximum atomic E-state index is 13.0. The van der Waals surface area contributed by atoms with Gasteiger partial charge in [0.2, 0.25) is 0 Å². The molecule has 0 aliphatic carbocycles. The Labute approximate surface area is 177 Å². The first-order chi connectivity index (χ1) is 14.4. The highest BCUT2D eigenvalue weighted by atomic mass is 35.5. The zero-order chi connectivity index (χ0) is 21.4. The van der Waals surface area contributed by atoms with E-state index in [2.05, 4.69) is 4.98 Å². The van der Waals surface area contributed by atoms with Crippen LogP contribution in [0, 0.1) is 6.92 Å². The summed E-state index contributed by atoms with van der Waals surface area (Å²) in [4.78, 5) is 31.5. The van der Waals surface area contributed by atoms with Crippen molar-refractivity contribution in [3.05, 3.63) is 94.3 Å². The van der Waals surface area contributed by atoms with Gasteiger partial charge in [-0.15, -0.1) is 0 Å². The summed E-state index contributed by atoms with van der Waals surface area (Å²) in [5.41, 5.74) is 1.58. The lowest BCUT2D eigenvalue weighted by atomic mass is 9.98. The minimum absolute atomic E-state index is 0.109. The van der Waals surface area contributed by atoms with Crippen molar-refractivity contribution in [2.24, 2.45) is 0 Å². The number of benzene rings is 2. The summed E-state index contributed by atoms with van der Waals surface area (Å²) in [6.07, 6.45) is 1.54. The molecule has 0 bridgehead atoms. The molecule has 2 aromatic carbocycles. The Balaban J connectivity index is 1.97. The maximum absolute atomic E-state index is 13.0. The van der Waals surface area contributed by atoms with Gasteiger partial charge in [-0.3, -0.25) is 19.5 Å². The normalized spacial score (nSPS) is 18.1. The Morgan fingerprint density at radius 2 is 1.80 bits per heavy atom. The van der Waals surface area contributed by atoms with Crippen LogP contribution in [-0.4, -0.2) is 26.9 Å². The van der Waals surface area contributed by atoms with Gasteiger partial charge in [-0.1, -0.05) is 23.7 Å². The third-order valence-corrected chi connectivity index (χ3v) is 5.17. The lowest BCUT2D eigenvalue weighted by Gasteiger charge is -2.25. The molecule has 1 atom stereocenters. The van der Waals surface area contributed by atoms with Gasteiger partial charge in [0.1, 0.15) is 17.6 Å². The van der Waals surface area contributed by atoms with Crippen molar-refractivity contribution >= 4 is 34.7 Å². The quantitative estimate of drug-likeness (QED) is 0.373. The highest BCUT2D eigenvalue weighted by Crippen LogP contribution is 2.44. The van der Waals surface area contributed by atoms with E-state index in [4.69, 9.17) is 11.6 Å². The van der Waals surface area contributed by atoms with Crippen molar-refractivity contribution in [3.8, 4) is 5.75 Å². The van der Waals surface area contributed by atoms with E-state index < -0.39 is 17.7 Å². The number of carbonyl (C=O) groups is 2. The lowest BCUT2D eigenvalue weighted by molar-refractivity contribution is -0.132. The van der Waals surface area contributed by atoms with Crippen molar-refractivity contribution in [1.29, 1.82) is 0 Å². The average molecular weight is 421 g/mol. The number of carbonyl (C=O) groups excluding carboxylic acids is 2. The molecule has 1 aromatic heterocycles. The van der Waals surface area contributed by atoms with Gasteiger partial charge in [0, 0.05) is 16.8 Å². The second kappa shape index (κ2) is 7.65. The summed E-state index contributed by atoms with van der Waals surface area (Å²) >= 11 is 5.92. The number of halogens is 1. The van der Waals surface area contributed by atoms with Gasteiger partial charge < -0.3 is 10.2 Å². The molecule has 30 heavy (non-hydrogen) atoms. The number of anilines is 1. The number of hydrogen-bond donors (Lipinski definition) is 2. The molecule has 0 saturated carbocycles. The van der Waals surface area contributed by atoms with Crippen molar-refractivity contribution in [2.75, 3.05) is 4.90 Å². The Kier molecular flexibility index (Phi) is 5.01. The van der Waals surface area contributed by atoms with E-state index in [9.17, 15) is 19.8 Å². The van der Waals surface area contributed by atoms with Crippen molar-refractivity contribution < 1.29 is 19.8 Å². The fourth-order valence-electron chi connectivity index (χ4n) is 3.49. The number of aryl methyl sites for hydroxylation is 1. The standard InChI is InChI=1S/C23H17ClN2O4/c1-13-5-10-18(27)17(12-13)26-20(16-4-2-3-11-25-16)19(22(29)23(26)30)21(28)14-6-8-15(24)9-7-14/h2-12,20,27-28H,1H3/b21-19+. The summed E-state index contributed by atoms with van der Waals surface area (Å²) < 4.78 is 0. The summed E-state index contributed by atoms with van der Waals surface area (Å²) in [5, 5.41) is 21.9. The number of ketones is 1. The Bertz CT molecular complexity index is 1170. The molecule has 3 aromatic rings. The van der Waals surface area contributed by atoms with Crippen LogP contribution >= 0.6 is 11.6 Å². The topological polar surface area (TPSA) is 90.7 Å². The average Bonchev–Trinajstić information content (AvgIpc) is 3.01. The summed E-state index contributed by atoms with van der Waals surface area (Å²) in [5.74, 6) is -2.22. The number of Topliss-reactive ketones (excluding diaryl/α,β-unsaturated/α-hetero) is 1. The zero-order valence-electron chi connectivity index (χ0n) is 15.9. The van der Waals surface area contributed by atoms with Crippen molar-refractivity contribution in [1.82, 2.24) is 4.98 Å². The number of nitrogens with zero attached hydrogens (tertiary/aromatic N) is 2. The van der Waals surface area contributed by atoms with Crippen LogP contribution in [0.5, 0.6) is 5.75 Å². The first-order valence-corrected chi connectivity index (χ1v) is 9.54. The molecule has 1 aliphatic rings. The van der Waals surface area contributed by atoms with E-state index in [0.29, 0.717) is 16.3 Å². The van der Waals surface area contributed by atoms with Crippen LogP contribution in [0.2, 0.25) is 5.02 Å². The molecular weight excluding hydrogens is 404 g/mol. The highest BCUT2D eigenvalue weighted by Gasteiger charge is 2.48. The summed E-state index contributed by atoms with van der Waals surface area (Å²) in [6, 6.07) is 15.1. The van der Waals surface area contributed by atoms with Crippen LogP contribution in [-0.2, 0) is 9.59 Å². The summed E-state index contributed by atoms with van der Waals surface area (Å²) in [6.45, 7) is 1.81. The molecule has 2 N–H and O–H groups in total. The second-order valence-corrected chi connectivity index (χ2v) is 7.36. The van der Waals surface area contributed by atoms with Crippen molar-refractivity contribution in [3.63, 3.8) is 0 Å². The number of aliphatic hydroxyl groups excluding tert-OH is 1. The fraction of sp³-hybridized carbons (Fsp3) is 0.0870. The fourth-order valence-corrected chi connectivity index (χ4v) is 3.61. The Morgan fingerprint density at radius 1 is 1.07 bits per heavy atom. The molecule has 0 spiro atoms. The van der Waals surface area contributed by atoms with Gasteiger partial charge in [-0.05, 0) is 61.0 Å². The second-order valence-electron chi connectivity index (χ2n) is 6.92. The predicted molar refractivity (Wildman–Crippen MR) is 113 cm³/mol. The van der Waals surface area contributed by atoms with Crippen LogP contribution < -0.4 is 4.90 Å². The van der Waals surface area contributed by atoms with E-state index in [1.54, 1.807) is 54.6 Å². The van der Waals surface area contributed by atoms with Gasteiger partial charge >= 0.3 is 0 Å². The third-order valence-electron chi connectivity index (χ3n) is 4.92. The molecule has 0 radical (unpaired) electrons. The number of rotatable bonds is 3. The zero-order valence-corrected chi connectivity index (χ0v) is 16.7. The van der Waals surface area contributed by atoms with E-state index in [-0.39, 0.29) is 22.8 Å². The Hall–Kier alpha value is -3.64. The monoisotopic (exact) mass is 420 g/mol. The van der Waals surface area contributed by atoms with Crippen LogP contribution in [0.3, 0.4) is 0 Å². The van der Waals surface area contributed by atoms with Gasteiger partial charge in [0.25, 0.3) is 11.7 Å². The first kappa shape index (κ1) is 19.7. The Morgan fingerprint density at radius 3 is 2.47 bits per heavy atom. The van der Waals surface area contributed by atoms with E-state index in [1.807, 2.05) is 6.92 Å². The lowest BCUT2D eigenvalue weighted by Crippen LogP contribution is -2.30. The largest absolute Gasteiger partial charge is 0.507 e. The smallest absolute Gasteiger partial charge is 0.300 e. The van der Waals surface area contributed by atoms with Gasteiger partial charge in [-0.25, -0.2) is 0 Å². The molecule has 1 aliphatic heterocycles. The number of aromatic hydroxyl groups is 1. The SMILES string of the molecule is Cc1ccc(O)c(N2C(=O)C(=O)/C(=C(/O)c3ccc(Cl)cc3)C2c2ccccn2)c1. The molecule has 1 amide bonds. The molecule has 7 heteroatoms. The van der Waals surface area contributed by atoms with Gasteiger partial charge in [0.15, 0.2) is 0 Å². The molecule has 1 unspecified atom stereocenters. The molecule has 2 heterocycles. The number of aliphatic hydroxyl groups is 1. The number of amides is 1. The van der Waals surface area contributed by atoms with E-state index in [1.165, 1.54) is 17.2 Å². The molecule has 6 nitrogen and oxygen atoms in total. The third kappa shape index (κ3) is 3.31. The number of aromatic nitrogens is 1. The summed E-state index contributed by atoms with van der Waals surface area (Å²) in [7, 11) is 0. The minimum atomic E-state index is -1.01. The highest BCUT2D eigenvalue weighted by molar-refractivity contribution is 6.51. The van der Waals surface area contributed by atoms with E-state index in [0.717, 1.165) is 5.56 Å². The number of hydrogen-bond acceptors (Lipinski definition) is 5. The number of phenolic OH excluding ortho intramolecular Hbond substituents is 1. The van der Waals surface area contributed by atoms with Gasteiger partial charge in [-0.2, -0.15) is 0 Å². The van der Waals surface area contributed by atoms with Crippen LogP contribution in [0.15, 0.2) is 72.4 Å². The molecule has 1 fully saturated rings. The number of phenols is 1. The van der Waals surface area contributed by atoms with Crippen LogP contribution in [0.25, 0.3) is 5.76 Å². The number of pyridine rings is 1.